The number of carbonyl (C=O) groups excluding carboxylic acids is 2. The highest BCUT2D eigenvalue weighted by molar-refractivity contribution is 7.10. The molecule has 0 saturated carbocycles. The van der Waals surface area contributed by atoms with E-state index in [2.05, 4.69) is 19.1 Å². The first kappa shape index (κ1) is 23.0. The molecule has 0 radical (unpaired) electrons. The van der Waals surface area contributed by atoms with Crippen LogP contribution in [0.5, 0.6) is 5.75 Å². The Labute approximate surface area is 198 Å². The second-order valence-corrected chi connectivity index (χ2v) is 9.27. The number of anilines is 1. The first-order valence-electron chi connectivity index (χ1n) is 11.3. The Morgan fingerprint density at radius 1 is 1.21 bits per heavy atom. The second-order valence-electron chi connectivity index (χ2n) is 8.32. The highest BCUT2D eigenvalue weighted by atomic mass is 32.1. The van der Waals surface area contributed by atoms with E-state index in [0.717, 1.165) is 35.5 Å². The van der Waals surface area contributed by atoms with Crippen molar-refractivity contribution in [3.05, 3.63) is 64.5 Å². The molecule has 1 aliphatic rings. The number of amides is 2. The molecule has 3 aromatic rings. The van der Waals surface area contributed by atoms with Crippen molar-refractivity contribution >= 4 is 28.8 Å². The molecule has 0 N–H and O–H groups in total. The summed E-state index contributed by atoms with van der Waals surface area (Å²) in [7, 11) is 1.78. The van der Waals surface area contributed by atoms with E-state index in [1.165, 1.54) is 5.56 Å². The Morgan fingerprint density at radius 3 is 2.76 bits per heavy atom. The smallest absolute Gasteiger partial charge is 0.268 e. The largest absolute Gasteiger partial charge is 0.479 e. The maximum absolute atomic E-state index is 12.9. The third kappa shape index (κ3) is 5.25. The number of thiazole rings is 1. The molecule has 0 spiro atoms. The molecule has 4 rings (SSSR count). The maximum atomic E-state index is 12.9. The summed E-state index contributed by atoms with van der Waals surface area (Å²) in [5, 5.41) is 3.06. The van der Waals surface area contributed by atoms with E-state index >= 15 is 0 Å². The maximum Gasteiger partial charge on any atom is 0.268 e. The van der Waals surface area contributed by atoms with Crippen molar-refractivity contribution in [3.8, 4) is 17.0 Å². The fraction of sp³-hybridized carbons (Fsp3) is 0.346. The molecule has 1 unspecified atom stereocenters. The number of rotatable bonds is 8. The Kier molecular flexibility index (Phi) is 7.08. The molecule has 2 heterocycles. The van der Waals surface area contributed by atoms with Gasteiger partial charge in [0.1, 0.15) is 12.3 Å². The third-order valence-electron chi connectivity index (χ3n) is 5.78. The van der Waals surface area contributed by atoms with E-state index in [0.29, 0.717) is 18.0 Å². The number of benzene rings is 2. The SMILES string of the molecule is CCCCN(C)C(=O)CN1C(=O)C(C)Oc2ccc(-c3csc(Cc4ccccc4)n3)cc21. The van der Waals surface area contributed by atoms with E-state index in [4.69, 9.17) is 9.72 Å². The van der Waals surface area contributed by atoms with Crippen LogP contribution in [0.15, 0.2) is 53.9 Å². The molecule has 0 aliphatic carbocycles. The minimum absolute atomic E-state index is 0.000473. The Balaban J connectivity index is 1.58. The monoisotopic (exact) mass is 463 g/mol. The molecule has 7 heteroatoms. The number of unbranched alkanes of at least 4 members (excludes halogenated alkanes) is 1. The average Bonchev–Trinajstić information content (AvgIpc) is 3.29. The molecule has 1 aliphatic heterocycles. The molecule has 33 heavy (non-hydrogen) atoms. The van der Waals surface area contributed by atoms with Crippen molar-refractivity contribution in [2.24, 2.45) is 0 Å². The van der Waals surface area contributed by atoms with Crippen LogP contribution in [0.1, 0.15) is 37.3 Å². The zero-order chi connectivity index (χ0) is 23.4. The van der Waals surface area contributed by atoms with Gasteiger partial charge in [-0.2, -0.15) is 0 Å². The molecule has 1 atom stereocenters. The van der Waals surface area contributed by atoms with Crippen LogP contribution in [-0.2, 0) is 16.0 Å². The third-order valence-corrected chi connectivity index (χ3v) is 6.63. The van der Waals surface area contributed by atoms with E-state index < -0.39 is 6.10 Å². The first-order chi connectivity index (χ1) is 16.0. The van der Waals surface area contributed by atoms with E-state index in [1.54, 1.807) is 35.1 Å². The van der Waals surface area contributed by atoms with Crippen molar-refractivity contribution in [3.63, 3.8) is 0 Å². The van der Waals surface area contributed by atoms with Crippen LogP contribution >= 0.6 is 11.3 Å². The zero-order valence-electron chi connectivity index (χ0n) is 19.3. The topological polar surface area (TPSA) is 62.7 Å². The molecule has 6 nitrogen and oxygen atoms in total. The summed E-state index contributed by atoms with van der Waals surface area (Å²) >= 11 is 1.62. The van der Waals surface area contributed by atoms with Gasteiger partial charge in [0.25, 0.3) is 5.91 Å². The van der Waals surface area contributed by atoms with Crippen molar-refractivity contribution in [1.82, 2.24) is 9.88 Å². The van der Waals surface area contributed by atoms with Crippen LogP contribution in [0.4, 0.5) is 5.69 Å². The van der Waals surface area contributed by atoms with Gasteiger partial charge >= 0.3 is 0 Å². The molecule has 1 aromatic heterocycles. The van der Waals surface area contributed by atoms with E-state index in [-0.39, 0.29) is 18.4 Å². The number of nitrogens with zero attached hydrogens (tertiary/aromatic N) is 3. The standard InChI is InChI=1S/C26H29N3O3S/c1-4-5-13-28(3)25(30)16-29-22-15-20(11-12-23(22)32-18(2)26(29)31)21-17-33-24(27-21)14-19-9-7-6-8-10-19/h6-12,15,17-18H,4-5,13-14,16H2,1-3H3. The number of likely N-dealkylation sites (N-methyl/N-ethyl adjacent to an activating group) is 1. The molecule has 2 amide bonds. The highest BCUT2D eigenvalue weighted by Gasteiger charge is 2.33. The number of aromatic nitrogens is 1. The summed E-state index contributed by atoms with van der Waals surface area (Å²) in [5.41, 5.74) is 3.58. The van der Waals surface area contributed by atoms with Gasteiger partial charge in [0.2, 0.25) is 5.91 Å². The quantitative estimate of drug-likeness (QED) is 0.483. The van der Waals surface area contributed by atoms with Gasteiger partial charge in [-0.25, -0.2) is 4.98 Å². The number of fused-ring (bicyclic) bond motifs is 1. The molecule has 0 fully saturated rings. The van der Waals surface area contributed by atoms with Gasteiger partial charge in [-0.3, -0.25) is 14.5 Å². The van der Waals surface area contributed by atoms with E-state index in [9.17, 15) is 9.59 Å². The lowest BCUT2D eigenvalue weighted by Gasteiger charge is -2.33. The molecule has 172 valence electrons. The number of hydrogen-bond donors (Lipinski definition) is 0. The van der Waals surface area contributed by atoms with Crippen molar-refractivity contribution in [1.29, 1.82) is 0 Å². The van der Waals surface area contributed by atoms with Gasteiger partial charge in [0.05, 0.1) is 16.4 Å². The molecular weight excluding hydrogens is 434 g/mol. The summed E-state index contributed by atoms with van der Waals surface area (Å²) in [6.07, 6.45) is 2.09. The van der Waals surface area contributed by atoms with E-state index in [1.807, 2.05) is 41.8 Å². The van der Waals surface area contributed by atoms with Crippen LogP contribution in [-0.4, -0.2) is 47.9 Å². The van der Waals surface area contributed by atoms with Crippen molar-refractivity contribution in [2.45, 2.75) is 39.2 Å². The second kappa shape index (κ2) is 10.2. The lowest BCUT2D eigenvalue weighted by Crippen LogP contribution is -2.49. The predicted octanol–water partition coefficient (Wildman–Crippen LogP) is 4.77. The summed E-state index contributed by atoms with van der Waals surface area (Å²) in [6, 6.07) is 16.0. The summed E-state index contributed by atoms with van der Waals surface area (Å²) < 4.78 is 5.82. The molecule has 0 saturated heterocycles. The predicted molar refractivity (Wildman–Crippen MR) is 132 cm³/mol. The van der Waals surface area contributed by atoms with Crippen molar-refractivity contribution < 1.29 is 14.3 Å². The Morgan fingerprint density at radius 2 is 2.00 bits per heavy atom. The van der Waals surface area contributed by atoms with Crippen LogP contribution in [0.25, 0.3) is 11.3 Å². The highest BCUT2D eigenvalue weighted by Crippen LogP contribution is 2.38. The zero-order valence-corrected chi connectivity index (χ0v) is 20.1. The fourth-order valence-corrected chi connectivity index (χ4v) is 4.64. The molecule has 2 aromatic carbocycles. The first-order valence-corrected chi connectivity index (χ1v) is 12.2. The van der Waals surface area contributed by atoms with Crippen LogP contribution in [0.2, 0.25) is 0 Å². The van der Waals surface area contributed by atoms with Gasteiger partial charge in [-0.1, -0.05) is 43.7 Å². The van der Waals surface area contributed by atoms with Crippen molar-refractivity contribution in [2.75, 3.05) is 25.0 Å². The number of hydrogen-bond acceptors (Lipinski definition) is 5. The van der Waals surface area contributed by atoms with Gasteiger partial charge in [0, 0.05) is 31.0 Å². The van der Waals surface area contributed by atoms with Gasteiger partial charge in [0.15, 0.2) is 6.10 Å². The molecular formula is C26H29N3O3S. The fourth-order valence-electron chi connectivity index (χ4n) is 3.80. The van der Waals surface area contributed by atoms with Crippen LogP contribution in [0, 0.1) is 0 Å². The van der Waals surface area contributed by atoms with Crippen LogP contribution < -0.4 is 9.64 Å². The summed E-state index contributed by atoms with van der Waals surface area (Å²) in [4.78, 5) is 33.8. The van der Waals surface area contributed by atoms with Gasteiger partial charge in [-0.05, 0) is 37.1 Å². The average molecular weight is 464 g/mol. The van der Waals surface area contributed by atoms with Gasteiger partial charge < -0.3 is 9.64 Å². The summed E-state index contributed by atoms with van der Waals surface area (Å²) in [6.45, 7) is 4.49. The summed E-state index contributed by atoms with van der Waals surface area (Å²) in [5.74, 6) is 0.315. The Hall–Kier alpha value is -3.19. The lowest BCUT2D eigenvalue weighted by molar-refractivity contribution is -0.132. The lowest BCUT2D eigenvalue weighted by atomic mass is 10.1. The molecule has 0 bridgehead atoms. The Bertz CT molecular complexity index is 1130. The van der Waals surface area contributed by atoms with Gasteiger partial charge in [-0.15, -0.1) is 11.3 Å². The van der Waals surface area contributed by atoms with Crippen LogP contribution in [0.3, 0.4) is 0 Å². The minimum atomic E-state index is -0.631. The normalized spacial score (nSPS) is 15.2. The minimum Gasteiger partial charge on any atom is -0.479 e. The number of carbonyl (C=O) groups is 2. The number of ether oxygens (including phenoxy) is 1.